The zero-order chi connectivity index (χ0) is 21.3. The van der Waals surface area contributed by atoms with Gasteiger partial charge in [0.15, 0.2) is 0 Å². The fourth-order valence-electron chi connectivity index (χ4n) is 3.85. The maximum atomic E-state index is 13.1. The average Bonchev–Trinajstić information content (AvgIpc) is 3.45. The molecule has 4 amide bonds. The highest BCUT2D eigenvalue weighted by molar-refractivity contribution is 6.25. The lowest BCUT2D eigenvalue weighted by molar-refractivity contribution is -0.136. The van der Waals surface area contributed by atoms with Crippen molar-refractivity contribution in [3.05, 3.63) is 41.0 Å². The summed E-state index contributed by atoms with van der Waals surface area (Å²) >= 11 is 0. The zero-order valence-electron chi connectivity index (χ0n) is 16.3. The number of ether oxygens (including phenoxy) is 2. The van der Waals surface area contributed by atoms with Gasteiger partial charge < -0.3 is 14.6 Å². The van der Waals surface area contributed by atoms with E-state index in [4.69, 9.17) is 14.6 Å². The van der Waals surface area contributed by atoms with Crippen molar-refractivity contribution in [3.8, 4) is 0 Å². The van der Waals surface area contributed by atoms with Crippen LogP contribution in [-0.4, -0.2) is 72.7 Å². The van der Waals surface area contributed by atoms with Crippen LogP contribution in [0.5, 0.6) is 0 Å². The number of nitrogens with zero attached hydrogens (tertiary/aromatic N) is 1. The third kappa shape index (κ3) is 3.79. The second-order valence-corrected chi connectivity index (χ2v) is 7.31. The standard InChI is InChI=1S/C21H22N2O7/c24-6-7-29-8-9-30-11-12-10-15(12)13-2-1-3-14-18(13)21(28)23(20(14)27)16-4-5-17(25)22-19(16)26/h1-3,10,12,16,24H,4-9,11H2,(H,22,25,26). The van der Waals surface area contributed by atoms with E-state index < -0.39 is 29.7 Å². The van der Waals surface area contributed by atoms with Crippen molar-refractivity contribution in [2.24, 2.45) is 5.92 Å². The van der Waals surface area contributed by atoms with E-state index in [1.165, 1.54) is 0 Å². The predicted octanol–water partition coefficient (Wildman–Crippen LogP) is 0.127. The van der Waals surface area contributed by atoms with Crippen LogP contribution < -0.4 is 5.32 Å². The molecule has 4 rings (SSSR count). The first-order valence-corrected chi connectivity index (χ1v) is 9.86. The van der Waals surface area contributed by atoms with Crippen LogP contribution in [0.2, 0.25) is 0 Å². The molecule has 0 aromatic heterocycles. The number of hydrogen-bond donors (Lipinski definition) is 2. The molecule has 30 heavy (non-hydrogen) atoms. The average molecular weight is 414 g/mol. The summed E-state index contributed by atoms with van der Waals surface area (Å²) in [5.41, 5.74) is 2.17. The van der Waals surface area contributed by atoms with Crippen LogP contribution in [0.3, 0.4) is 0 Å². The Bertz CT molecular complexity index is 939. The maximum absolute atomic E-state index is 13.1. The van der Waals surface area contributed by atoms with Gasteiger partial charge in [-0.1, -0.05) is 18.2 Å². The van der Waals surface area contributed by atoms with Crippen LogP contribution >= 0.6 is 0 Å². The number of benzene rings is 1. The summed E-state index contributed by atoms with van der Waals surface area (Å²) in [5.74, 6) is -2.00. The lowest BCUT2D eigenvalue weighted by atomic mass is 9.99. The van der Waals surface area contributed by atoms with Crippen molar-refractivity contribution >= 4 is 29.2 Å². The molecular weight excluding hydrogens is 392 g/mol. The van der Waals surface area contributed by atoms with Crippen molar-refractivity contribution < 1.29 is 33.8 Å². The fraction of sp³-hybridized carbons (Fsp3) is 0.429. The van der Waals surface area contributed by atoms with Crippen molar-refractivity contribution in [2.45, 2.75) is 18.9 Å². The summed E-state index contributed by atoms with van der Waals surface area (Å²) in [6, 6.07) is 4.10. The smallest absolute Gasteiger partial charge is 0.262 e. The lowest BCUT2D eigenvalue weighted by Crippen LogP contribution is -2.54. The van der Waals surface area contributed by atoms with Gasteiger partial charge in [-0.15, -0.1) is 0 Å². The van der Waals surface area contributed by atoms with Crippen LogP contribution in [0, 0.1) is 5.92 Å². The van der Waals surface area contributed by atoms with Gasteiger partial charge in [-0.3, -0.25) is 29.4 Å². The second-order valence-electron chi connectivity index (χ2n) is 7.31. The number of amides is 4. The molecule has 2 atom stereocenters. The molecule has 0 spiro atoms. The number of aliphatic hydroxyl groups is 1. The normalized spacial score (nSPS) is 22.8. The number of rotatable bonds is 9. The Morgan fingerprint density at radius 3 is 2.57 bits per heavy atom. The first-order chi connectivity index (χ1) is 14.5. The van der Waals surface area contributed by atoms with Gasteiger partial charge in [-0.05, 0) is 23.6 Å². The van der Waals surface area contributed by atoms with Crippen LogP contribution in [0.25, 0.3) is 5.57 Å². The first-order valence-electron chi connectivity index (χ1n) is 9.86. The molecule has 1 fully saturated rings. The molecular formula is C21H22N2O7. The quantitative estimate of drug-likeness (QED) is 0.435. The summed E-state index contributed by atoms with van der Waals surface area (Å²) in [7, 11) is 0. The molecule has 0 radical (unpaired) electrons. The Morgan fingerprint density at radius 2 is 1.80 bits per heavy atom. The van der Waals surface area contributed by atoms with Gasteiger partial charge in [0.2, 0.25) is 11.8 Å². The Kier molecular flexibility index (Phi) is 5.76. The van der Waals surface area contributed by atoms with Gasteiger partial charge in [-0.25, -0.2) is 0 Å². The van der Waals surface area contributed by atoms with Crippen LogP contribution in [-0.2, 0) is 19.1 Å². The minimum atomic E-state index is -0.978. The summed E-state index contributed by atoms with van der Waals surface area (Å²) in [5, 5.41) is 10.9. The molecule has 2 heterocycles. The Morgan fingerprint density at radius 1 is 1.03 bits per heavy atom. The monoisotopic (exact) mass is 414 g/mol. The van der Waals surface area contributed by atoms with Crippen molar-refractivity contribution in [1.82, 2.24) is 10.2 Å². The molecule has 2 aliphatic heterocycles. The molecule has 0 saturated carbocycles. The number of carbonyl (C=O) groups is 4. The number of aliphatic hydroxyl groups excluding tert-OH is 1. The molecule has 2 unspecified atom stereocenters. The van der Waals surface area contributed by atoms with E-state index in [1.807, 2.05) is 6.08 Å². The van der Waals surface area contributed by atoms with Gasteiger partial charge in [0, 0.05) is 12.3 Å². The van der Waals surface area contributed by atoms with Gasteiger partial charge >= 0.3 is 0 Å². The Labute approximate surface area is 172 Å². The molecule has 1 aromatic carbocycles. The van der Waals surface area contributed by atoms with Crippen LogP contribution in [0.1, 0.15) is 39.1 Å². The molecule has 1 aliphatic carbocycles. The highest BCUT2D eigenvalue weighted by Gasteiger charge is 2.46. The van der Waals surface area contributed by atoms with E-state index >= 15 is 0 Å². The van der Waals surface area contributed by atoms with Gasteiger partial charge in [-0.2, -0.15) is 0 Å². The molecule has 1 saturated heterocycles. The number of hydrogen-bond acceptors (Lipinski definition) is 7. The molecule has 9 nitrogen and oxygen atoms in total. The Balaban J connectivity index is 1.44. The third-order valence-corrected chi connectivity index (χ3v) is 5.36. The van der Waals surface area contributed by atoms with E-state index in [1.54, 1.807) is 18.2 Å². The summed E-state index contributed by atoms with van der Waals surface area (Å²) < 4.78 is 10.7. The summed E-state index contributed by atoms with van der Waals surface area (Å²) in [4.78, 5) is 50.5. The molecule has 0 bridgehead atoms. The lowest BCUT2D eigenvalue weighted by Gasteiger charge is -2.27. The van der Waals surface area contributed by atoms with Crippen molar-refractivity contribution in [3.63, 3.8) is 0 Å². The zero-order valence-corrected chi connectivity index (χ0v) is 16.3. The van der Waals surface area contributed by atoms with Crippen molar-refractivity contribution in [2.75, 3.05) is 33.0 Å². The number of piperidine rings is 1. The summed E-state index contributed by atoms with van der Waals surface area (Å²) in [6.07, 6.45) is 2.18. The molecule has 2 N–H and O–H groups in total. The van der Waals surface area contributed by atoms with E-state index in [9.17, 15) is 19.2 Å². The third-order valence-electron chi connectivity index (χ3n) is 5.36. The highest BCUT2D eigenvalue weighted by atomic mass is 16.5. The van der Waals surface area contributed by atoms with Crippen molar-refractivity contribution in [1.29, 1.82) is 0 Å². The van der Waals surface area contributed by atoms with E-state index in [-0.39, 0.29) is 37.5 Å². The van der Waals surface area contributed by atoms with E-state index in [0.29, 0.717) is 30.9 Å². The molecule has 9 heteroatoms. The van der Waals surface area contributed by atoms with Crippen LogP contribution in [0.4, 0.5) is 0 Å². The van der Waals surface area contributed by atoms with Gasteiger partial charge in [0.1, 0.15) is 6.04 Å². The maximum Gasteiger partial charge on any atom is 0.262 e. The number of carbonyl (C=O) groups excluding carboxylic acids is 4. The SMILES string of the molecule is O=C1CCC(N2C(=O)c3cccc(C4=CC4COCCOCCO)c3C2=O)C(=O)N1. The van der Waals surface area contributed by atoms with Gasteiger partial charge in [0.25, 0.3) is 11.8 Å². The van der Waals surface area contributed by atoms with Crippen LogP contribution in [0.15, 0.2) is 24.3 Å². The van der Waals surface area contributed by atoms with E-state index in [0.717, 1.165) is 10.5 Å². The Hall–Kier alpha value is -2.88. The predicted molar refractivity (Wildman–Crippen MR) is 103 cm³/mol. The first kappa shape index (κ1) is 20.4. The molecule has 158 valence electrons. The number of imide groups is 2. The molecule has 1 aromatic rings. The number of fused-ring (bicyclic) bond motifs is 1. The highest BCUT2D eigenvalue weighted by Crippen LogP contribution is 2.43. The fourth-order valence-corrected chi connectivity index (χ4v) is 3.85. The topological polar surface area (TPSA) is 122 Å². The largest absolute Gasteiger partial charge is 0.394 e. The minimum absolute atomic E-state index is 0.0317. The number of nitrogens with one attached hydrogen (secondary N) is 1. The van der Waals surface area contributed by atoms with Gasteiger partial charge in [0.05, 0.1) is 44.2 Å². The summed E-state index contributed by atoms with van der Waals surface area (Å²) in [6.45, 7) is 1.45. The van der Waals surface area contributed by atoms with E-state index in [2.05, 4.69) is 5.32 Å². The minimum Gasteiger partial charge on any atom is -0.394 e. The molecule has 3 aliphatic rings. The second kappa shape index (κ2) is 8.47.